The van der Waals surface area contributed by atoms with Crippen molar-refractivity contribution < 1.29 is 4.79 Å². The lowest BCUT2D eigenvalue weighted by Gasteiger charge is -2.21. The van der Waals surface area contributed by atoms with Crippen LogP contribution in [-0.4, -0.2) is 22.0 Å². The van der Waals surface area contributed by atoms with Crippen LogP contribution < -0.4 is 5.32 Å². The number of benzene rings is 1. The fraction of sp³-hybridized carbons (Fsp3) is 0.565. The summed E-state index contributed by atoms with van der Waals surface area (Å²) in [4.78, 5) is 17.5. The number of amides is 1. The Kier molecular flexibility index (Phi) is 5.33. The van der Waals surface area contributed by atoms with Crippen molar-refractivity contribution in [1.29, 1.82) is 0 Å². The van der Waals surface area contributed by atoms with Crippen molar-refractivity contribution in [3.8, 4) is 0 Å². The van der Waals surface area contributed by atoms with Crippen LogP contribution in [0.2, 0.25) is 0 Å². The highest BCUT2D eigenvalue weighted by Crippen LogP contribution is 2.48. The molecule has 0 bridgehead atoms. The lowest BCUT2D eigenvalue weighted by atomic mass is 9.95. The number of carbonyl (C=O) groups excluding carboxylic acids is 1. The molecule has 2 aromatic rings. The van der Waals surface area contributed by atoms with Gasteiger partial charge in [-0.05, 0) is 38.2 Å². The second-order valence-electron chi connectivity index (χ2n) is 8.29. The molecule has 2 fully saturated rings. The largest absolute Gasteiger partial charge is 0.355 e. The molecule has 144 valence electrons. The van der Waals surface area contributed by atoms with Crippen molar-refractivity contribution in [2.24, 2.45) is 0 Å². The van der Waals surface area contributed by atoms with E-state index < -0.39 is 0 Å². The smallest absolute Gasteiger partial charge is 0.230 e. The third-order valence-corrected chi connectivity index (χ3v) is 6.39. The summed E-state index contributed by atoms with van der Waals surface area (Å²) in [5.41, 5.74) is 2.12. The second-order valence-corrected chi connectivity index (χ2v) is 8.29. The fourth-order valence-corrected chi connectivity index (χ4v) is 4.68. The molecule has 27 heavy (non-hydrogen) atoms. The summed E-state index contributed by atoms with van der Waals surface area (Å²) < 4.78 is 2.45. The van der Waals surface area contributed by atoms with E-state index in [1.165, 1.54) is 44.2 Å². The monoisotopic (exact) mass is 365 g/mol. The van der Waals surface area contributed by atoms with Crippen LogP contribution in [0, 0.1) is 6.92 Å². The molecule has 1 amide bonds. The Balaban J connectivity index is 1.38. The van der Waals surface area contributed by atoms with E-state index >= 15 is 0 Å². The molecule has 0 aliphatic heterocycles. The van der Waals surface area contributed by atoms with Gasteiger partial charge in [-0.15, -0.1) is 0 Å². The fourth-order valence-electron chi connectivity index (χ4n) is 4.68. The Bertz CT molecular complexity index is 768. The molecule has 1 N–H and O–H groups in total. The first-order chi connectivity index (χ1) is 13.2. The Morgan fingerprint density at radius 1 is 1.15 bits per heavy atom. The van der Waals surface area contributed by atoms with Gasteiger partial charge in [0.25, 0.3) is 0 Å². The number of aryl methyl sites for hydroxylation is 1. The van der Waals surface area contributed by atoms with Crippen LogP contribution in [0.4, 0.5) is 0 Å². The van der Waals surface area contributed by atoms with Gasteiger partial charge in [0.15, 0.2) is 0 Å². The predicted molar refractivity (Wildman–Crippen MR) is 108 cm³/mol. The highest BCUT2D eigenvalue weighted by atomic mass is 16.2. The van der Waals surface area contributed by atoms with Gasteiger partial charge >= 0.3 is 0 Å². The number of carbonyl (C=O) groups is 1. The zero-order chi connectivity index (χ0) is 18.7. The predicted octanol–water partition coefficient (Wildman–Crippen LogP) is 4.48. The number of hydrogen-bond acceptors (Lipinski definition) is 2. The van der Waals surface area contributed by atoms with Crippen LogP contribution in [0.25, 0.3) is 0 Å². The van der Waals surface area contributed by atoms with E-state index in [1.54, 1.807) is 0 Å². The van der Waals surface area contributed by atoms with Crippen LogP contribution >= 0.6 is 0 Å². The van der Waals surface area contributed by atoms with E-state index in [0.717, 1.165) is 30.7 Å². The van der Waals surface area contributed by atoms with Gasteiger partial charge in [-0.25, -0.2) is 4.98 Å². The van der Waals surface area contributed by atoms with Crippen molar-refractivity contribution in [2.75, 3.05) is 6.54 Å². The molecule has 4 rings (SSSR count). The van der Waals surface area contributed by atoms with E-state index in [0.29, 0.717) is 12.6 Å². The Morgan fingerprint density at radius 3 is 2.52 bits per heavy atom. The molecule has 0 saturated heterocycles. The van der Waals surface area contributed by atoms with E-state index in [2.05, 4.69) is 33.9 Å². The summed E-state index contributed by atoms with van der Waals surface area (Å²) in [5, 5.41) is 3.19. The summed E-state index contributed by atoms with van der Waals surface area (Å²) in [6.45, 7) is 2.82. The molecule has 1 aromatic heterocycles. The zero-order valence-electron chi connectivity index (χ0n) is 16.4. The number of imidazole rings is 1. The summed E-state index contributed by atoms with van der Waals surface area (Å²) in [6.07, 6.45) is 12.6. The van der Waals surface area contributed by atoms with E-state index in [-0.39, 0.29) is 11.3 Å². The third kappa shape index (κ3) is 3.80. The number of nitrogens with one attached hydrogen (secondary N) is 1. The van der Waals surface area contributed by atoms with Crippen molar-refractivity contribution in [3.05, 3.63) is 53.6 Å². The summed E-state index contributed by atoms with van der Waals surface area (Å²) >= 11 is 0. The maximum atomic E-state index is 12.8. The minimum Gasteiger partial charge on any atom is -0.355 e. The molecule has 2 aliphatic carbocycles. The van der Waals surface area contributed by atoms with Crippen LogP contribution in [0.1, 0.15) is 74.5 Å². The van der Waals surface area contributed by atoms with Gasteiger partial charge in [-0.3, -0.25) is 4.79 Å². The van der Waals surface area contributed by atoms with Gasteiger partial charge in [0.2, 0.25) is 5.91 Å². The normalized spacial score (nSPS) is 19.4. The van der Waals surface area contributed by atoms with Crippen molar-refractivity contribution in [3.63, 3.8) is 0 Å². The maximum Gasteiger partial charge on any atom is 0.230 e. The number of hydrogen-bond donors (Lipinski definition) is 1. The quantitative estimate of drug-likeness (QED) is 0.767. The molecule has 1 heterocycles. The number of aromatic nitrogens is 2. The minimum absolute atomic E-state index is 0.179. The second kappa shape index (κ2) is 7.87. The molecule has 2 saturated carbocycles. The molecule has 1 aromatic carbocycles. The molecule has 2 aliphatic rings. The average molecular weight is 366 g/mol. The van der Waals surface area contributed by atoms with Crippen LogP contribution in [0.5, 0.6) is 0 Å². The molecule has 0 atom stereocenters. The number of rotatable bonds is 6. The molecular weight excluding hydrogens is 334 g/mol. The number of nitrogens with zero attached hydrogens (tertiary/aromatic N) is 2. The molecule has 0 spiro atoms. The standard InChI is InChI=1S/C23H31N3O/c1-18-17-25-21(26(18)20-11-7-2-3-8-12-20)13-16-24-22(27)23(14-15-23)19-9-5-4-6-10-19/h4-6,9-10,17,20H,2-3,7-8,11-16H2,1H3,(H,24,27). The van der Waals surface area contributed by atoms with Crippen LogP contribution in [0.3, 0.4) is 0 Å². The van der Waals surface area contributed by atoms with Gasteiger partial charge in [-0.1, -0.05) is 56.0 Å². The summed E-state index contributed by atoms with van der Waals surface area (Å²) in [7, 11) is 0. The first kappa shape index (κ1) is 18.3. The Morgan fingerprint density at radius 2 is 1.85 bits per heavy atom. The molecule has 4 heteroatoms. The third-order valence-electron chi connectivity index (χ3n) is 6.39. The molecular formula is C23H31N3O. The van der Waals surface area contributed by atoms with E-state index in [4.69, 9.17) is 0 Å². The lowest BCUT2D eigenvalue weighted by Crippen LogP contribution is -2.36. The van der Waals surface area contributed by atoms with Crippen molar-refractivity contribution >= 4 is 5.91 Å². The topological polar surface area (TPSA) is 46.9 Å². The van der Waals surface area contributed by atoms with Gasteiger partial charge < -0.3 is 9.88 Å². The van der Waals surface area contributed by atoms with E-state index in [1.807, 2.05) is 24.4 Å². The maximum absolute atomic E-state index is 12.8. The minimum atomic E-state index is -0.284. The first-order valence-electron chi connectivity index (χ1n) is 10.6. The highest BCUT2D eigenvalue weighted by molar-refractivity contribution is 5.91. The van der Waals surface area contributed by atoms with Crippen molar-refractivity contribution in [1.82, 2.24) is 14.9 Å². The first-order valence-corrected chi connectivity index (χ1v) is 10.6. The van der Waals surface area contributed by atoms with Gasteiger partial charge in [0.05, 0.1) is 5.41 Å². The van der Waals surface area contributed by atoms with Gasteiger partial charge in [-0.2, -0.15) is 0 Å². The SMILES string of the molecule is Cc1cnc(CCNC(=O)C2(c3ccccc3)CC2)n1C1CCCCCC1. The zero-order valence-corrected chi connectivity index (χ0v) is 16.4. The lowest BCUT2D eigenvalue weighted by molar-refractivity contribution is -0.123. The van der Waals surface area contributed by atoms with Gasteiger partial charge in [0.1, 0.15) is 5.82 Å². The molecule has 0 unspecified atom stereocenters. The Labute approximate surface area is 162 Å². The van der Waals surface area contributed by atoms with Crippen LogP contribution in [0.15, 0.2) is 36.5 Å². The molecule has 0 radical (unpaired) electrons. The molecule has 4 nitrogen and oxygen atoms in total. The average Bonchev–Trinajstić information content (AvgIpc) is 3.47. The van der Waals surface area contributed by atoms with E-state index in [9.17, 15) is 4.79 Å². The van der Waals surface area contributed by atoms with Crippen molar-refractivity contribution in [2.45, 2.75) is 76.2 Å². The van der Waals surface area contributed by atoms with Gasteiger partial charge in [0, 0.05) is 30.9 Å². The highest BCUT2D eigenvalue weighted by Gasteiger charge is 2.50. The summed E-state index contributed by atoms with van der Waals surface area (Å²) in [6, 6.07) is 10.8. The van der Waals surface area contributed by atoms with Crippen LogP contribution in [-0.2, 0) is 16.6 Å². The summed E-state index contributed by atoms with van der Waals surface area (Å²) in [5.74, 6) is 1.31. The Hall–Kier alpha value is -2.10.